The summed E-state index contributed by atoms with van der Waals surface area (Å²) in [5.74, 6) is 0.0771. The van der Waals surface area contributed by atoms with Gasteiger partial charge in [-0.05, 0) is 6.92 Å². The lowest BCUT2D eigenvalue weighted by Crippen LogP contribution is -2.09. The molecule has 0 unspecified atom stereocenters. The molecule has 0 fully saturated rings. The van der Waals surface area contributed by atoms with Gasteiger partial charge in [-0.3, -0.25) is 4.79 Å². The number of methoxy groups -OCH3 is 1. The van der Waals surface area contributed by atoms with Crippen molar-refractivity contribution >= 4 is 5.97 Å². The van der Waals surface area contributed by atoms with Crippen LogP contribution in [0, 0.1) is 0 Å². The van der Waals surface area contributed by atoms with Gasteiger partial charge in [0.05, 0.1) is 18.9 Å². The molecule has 6 heteroatoms. The molecule has 0 aliphatic carbocycles. The fourth-order valence-electron chi connectivity index (χ4n) is 0.906. The Bertz CT molecular complexity index is 463. The van der Waals surface area contributed by atoms with Crippen molar-refractivity contribution in [2.75, 3.05) is 7.11 Å². The van der Waals surface area contributed by atoms with E-state index in [-0.39, 0.29) is 17.1 Å². The number of hydrogen-bond donors (Lipinski definition) is 2. The molecule has 0 saturated heterocycles. The van der Waals surface area contributed by atoms with Crippen LogP contribution < -0.4 is 5.56 Å². The SMILES string of the molecule is CC(C)c1nccc(=O)[nH]1.COC=C(C)C(=O)O. The molecule has 1 aromatic rings. The maximum absolute atomic E-state index is 10.7. The van der Waals surface area contributed by atoms with Crippen molar-refractivity contribution < 1.29 is 14.6 Å². The molecule has 0 bridgehead atoms. The van der Waals surface area contributed by atoms with Crippen LogP contribution in [0.3, 0.4) is 0 Å². The predicted octanol–water partition coefficient (Wildman–Crippen LogP) is 1.51. The van der Waals surface area contributed by atoms with Crippen molar-refractivity contribution in [1.29, 1.82) is 0 Å². The molecule has 1 heterocycles. The van der Waals surface area contributed by atoms with Gasteiger partial charge in [-0.15, -0.1) is 0 Å². The number of H-pyrrole nitrogens is 1. The first-order chi connectivity index (χ1) is 8.38. The molecule has 0 radical (unpaired) electrons. The van der Waals surface area contributed by atoms with Crippen LogP contribution in [0.4, 0.5) is 0 Å². The standard InChI is InChI=1S/C7H10N2O.C5H8O3/c1-5(2)7-8-4-3-6(10)9-7;1-4(3-8-2)5(6)7/h3-5H,1-2H3,(H,8,9,10);3H,1-2H3,(H,6,7). The summed E-state index contributed by atoms with van der Waals surface area (Å²) in [6.07, 6.45) is 2.70. The number of nitrogens with one attached hydrogen (secondary N) is 1. The first-order valence-corrected chi connectivity index (χ1v) is 5.36. The van der Waals surface area contributed by atoms with Crippen molar-refractivity contribution in [1.82, 2.24) is 9.97 Å². The molecule has 0 aromatic carbocycles. The monoisotopic (exact) mass is 254 g/mol. The number of carboxylic acids is 1. The lowest BCUT2D eigenvalue weighted by molar-refractivity contribution is -0.132. The number of aromatic nitrogens is 2. The van der Waals surface area contributed by atoms with Crippen molar-refractivity contribution in [2.24, 2.45) is 0 Å². The molecule has 0 amide bonds. The number of ether oxygens (including phenoxy) is 1. The second-order valence-electron chi connectivity index (χ2n) is 3.82. The molecule has 0 atom stereocenters. The molecular weight excluding hydrogens is 236 g/mol. The molecule has 0 aliphatic rings. The van der Waals surface area contributed by atoms with Crippen LogP contribution in [-0.2, 0) is 9.53 Å². The molecule has 0 spiro atoms. The largest absolute Gasteiger partial charge is 0.504 e. The summed E-state index contributed by atoms with van der Waals surface area (Å²) in [4.78, 5) is 27.3. The summed E-state index contributed by atoms with van der Waals surface area (Å²) in [7, 11) is 1.41. The van der Waals surface area contributed by atoms with Gasteiger partial charge in [0.2, 0.25) is 0 Å². The Labute approximate surface area is 105 Å². The third-order valence-corrected chi connectivity index (χ3v) is 1.87. The number of carbonyl (C=O) groups is 1. The van der Waals surface area contributed by atoms with Crippen LogP contribution >= 0.6 is 0 Å². The smallest absolute Gasteiger partial charge is 0.334 e. The minimum absolute atomic E-state index is 0.0845. The third-order valence-electron chi connectivity index (χ3n) is 1.87. The van der Waals surface area contributed by atoms with E-state index in [2.05, 4.69) is 14.7 Å². The number of nitrogens with zero attached hydrogens (tertiary/aromatic N) is 1. The highest BCUT2D eigenvalue weighted by molar-refractivity contribution is 5.85. The maximum atomic E-state index is 10.7. The van der Waals surface area contributed by atoms with Crippen molar-refractivity contribution in [2.45, 2.75) is 26.7 Å². The number of aromatic amines is 1. The molecule has 0 saturated carbocycles. The van der Waals surface area contributed by atoms with Gasteiger partial charge < -0.3 is 14.8 Å². The van der Waals surface area contributed by atoms with E-state index in [1.165, 1.54) is 32.6 Å². The molecule has 1 rings (SSSR count). The molecule has 2 N–H and O–H groups in total. The van der Waals surface area contributed by atoms with Gasteiger partial charge in [-0.25, -0.2) is 9.78 Å². The highest BCUT2D eigenvalue weighted by Gasteiger charge is 1.98. The van der Waals surface area contributed by atoms with Crippen LogP contribution in [0.1, 0.15) is 32.5 Å². The van der Waals surface area contributed by atoms with Crippen molar-refractivity contribution in [3.8, 4) is 0 Å². The number of hydrogen-bond acceptors (Lipinski definition) is 4. The van der Waals surface area contributed by atoms with Crippen LogP contribution in [0.15, 0.2) is 28.9 Å². The second-order valence-corrected chi connectivity index (χ2v) is 3.82. The molecular formula is C12H18N2O4. The molecule has 0 aliphatic heterocycles. The van der Waals surface area contributed by atoms with Crippen molar-refractivity contribution in [3.63, 3.8) is 0 Å². The molecule has 6 nitrogen and oxygen atoms in total. The summed E-state index contributed by atoms with van der Waals surface area (Å²) in [6, 6.07) is 1.41. The van der Waals surface area contributed by atoms with E-state index in [0.29, 0.717) is 0 Å². The van der Waals surface area contributed by atoms with Crippen LogP contribution in [0.2, 0.25) is 0 Å². The van der Waals surface area contributed by atoms with Gasteiger partial charge in [-0.2, -0.15) is 0 Å². The van der Waals surface area contributed by atoms with Gasteiger partial charge in [0.15, 0.2) is 0 Å². The van der Waals surface area contributed by atoms with E-state index in [9.17, 15) is 9.59 Å². The summed E-state index contributed by atoms with van der Waals surface area (Å²) >= 11 is 0. The highest BCUT2D eigenvalue weighted by Crippen LogP contribution is 2.03. The summed E-state index contributed by atoms with van der Waals surface area (Å²) in [5, 5.41) is 8.16. The average Bonchev–Trinajstić information content (AvgIpc) is 2.30. The van der Waals surface area contributed by atoms with E-state index in [1.807, 2.05) is 13.8 Å². The van der Waals surface area contributed by atoms with Crippen LogP contribution in [-0.4, -0.2) is 28.2 Å². The summed E-state index contributed by atoms with van der Waals surface area (Å²) < 4.78 is 4.42. The first kappa shape index (κ1) is 15.9. The van der Waals surface area contributed by atoms with E-state index in [1.54, 1.807) is 0 Å². The second kappa shape index (κ2) is 8.05. The lowest BCUT2D eigenvalue weighted by Gasteiger charge is -2.00. The lowest BCUT2D eigenvalue weighted by atomic mass is 10.2. The van der Waals surface area contributed by atoms with Gasteiger partial charge >= 0.3 is 5.97 Å². The minimum Gasteiger partial charge on any atom is -0.504 e. The Kier molecular flexibility index (Phi) is 7.11. The number of carboxylic acid groups (broad SMARTS) is 1. The Morgan fingerprint density at radius 3 is 2.44 bits per heavy atom. The predicted molar refractivity (Wildman–Crippen MR) is 67.3 cm³/mol. The Hall–Kier alpha value is -2.11. The Morgan fingerprint density at radius 1 is 1.56 bits per heavy atom. The topological polar surface area (TPSA) is 92.3 Å². The van der Waals surface area contributed by atoms with Crippen molar-refractivity contribution in [3.05, 3.63) is 40.3 Å². The van der Waals surface area contributed by atoms with Gasteiger partial charge in [0, 0.05) is 18.2 Å². The van der Waals surface area contributed by atoms with E-state index < -0.39 is 5.97 Å². The van der Waals surface area contributed by atoms with E-state index in [4.69, 9.17) is 5.11 Å². The fraction of sp³-hybridized carbons (Fsp3) is 0.417. The zero-order chi connectivity index (χ0) is 14.1. The summed E-state index contributed by atoms with van der Waals surface area (Å²) in [6.45, 7) is 5.43. The first-order valence-electron chi connectivity index (χ1n) is 5.36. The van der Waals surface area contributed by atoms with Gasteiger partial charge in [-0.1, -0.05) is 13.8 Å². The molecule has 18 heavy (non-hydrogen) atoms. The average molecular weight is 254 g/mol. The molecule has 100 valence electrons. The minimum atomic E-state index is -0.952. The number of rotatable bonds is 3. The van der Waals surface area contributed by atoms with Crippen LogP contribution in [0.25, 0.3) is 0 Å². The molecule has 1 aromatic heterocycles. The zero-order valence-corrected chi connectivity index (χ0v) is 10.9. The number of aliphatic carboxylic acids is 1. The van der Waals surface area contributed by atoms with Crippen LogP contribution in [0.5, 0.6) is 0 Å². The van der Waals surface area contributed by atoms with Gasteiger partial charge in [0.1, 0.15) is 5.82 Å². The Morgan fingerprint density at radius 2 is 2.17 bits per heavy atom. The fourth-order valence-corrected chi connectivity index (χ4v) is 0.906. The maximum Gasteiger partial charge on any atom is 0.334 e. The summed E-state index contributed by atoms with van der Waals surface area (Å²) in [5.41, 5.74) is 0.117. The van der Waals surface area contributed by atoms with E-state index >= 15 is 0 Å². The zero-order valence-electron chi connectivity index (χ0n) is 10.9. The normalized spacial score (nSPS) is 10.6. The highest BCUT2D eigenvalue weighted by atomic mass is 16.5. The Balaban J connectivity index is 0.000000331. The quantitative estimate of drug-likeness (QED) is 0.630. The van der Waals surface area contributed by atoms with Gasteiger partial charge in [0.25, 0.3) is 5.56 Å². The third kappa shape index (κ3) is 6.47. The van der Waals surface area contributed by atoms with E-state index in [0.717, 1.165) is 5.82 Å².